The number of halogens is 6. The van der Waals surface area contributed by atoms with Crippen molar-refractivity contribution in [1.82, 2.24) is 4.98 Å². The van der Waals surface area contributed by atoms with E-state index in [4.69, 9.17) is 11.6 Å². The first-order valence-corrected chi connectivity index (χ1v) is 7.95. The minimum absolute atomic E-state index is 0.00905. The van der Waals surface area contributed by atoms with Gasteiger partial charge in [0.25, 0.3) is 0 Å². The van der Waals surface area contributed by atoms with Crippen LogP contribution in [0, 0.1) is 0 Å². The molecule has 0 fully saturated rings. The minimum atomic E-state index is -4.44. The van der Waals surface area contributed by atoms with Crippen LogP contribution in [0.4, 0.5) is 18.9 Å². The standard InChI is InChI=1S/C11H6Br2ClF3N2S/c12-5-1-7(11(15,16)17)9(8(13)2-5)18-3-6-4-19-10(14)20-6/h1-2,4,18H,3H2. The molecular formula is C11H6Br2ClF3N2S. The Labute approximate surface area is 138 Å². The Bertz CT molecular complexity index is 631. The maximum Gasteiger partial charge on any atom is 0.418 e. The van der Waals surface area contributed by atoms with Crippen LogP contribution in [0.15, 0.2) is 27.3 Å². The number of hydrogen-bond acceptors (Lipinski definition) is 3. The van der Waals surface area contributed by atoms with Crippen molar-refractivity contribution >= 4 is 60.5 Å². The van der Waals surface area contributed by atoms with Crippen molar-refractivity contribution < 1.29 is 13.2 Å². The molecule has 1 N–H and O–H groups in total. The van der Waals surface area contributed by atoms with Gasteiger partial charge in [-0.05, 0) is 28.1 Å². The van der Waals surface area contributed by atoms with E-state index >= 15 is 0 Å². The average molecular weight is 451 g/mol. The molecule has 0 bridgehead atoms. The number of rotatable bonds is 3. The maximum atomic E-state index is 13.0. The van der Waals surface area contributed by atoms with Gasteiger partial charge < -0.3 is 5.32 Å². The first-order chi connectivity index (χ1) is 9.27. The second kappa shape index (κ2) is 6.21. The predicted molar refractivity (Wildman–Crippen MR) is 81.3 cm³/mol. The number of nitrogens with zero attached hydrogens (tertiary/aromatic N) is 1. The van der Waals surface area contributed by atoms with Gasteiger partial charge in [0.15, 0.2) is 4.47 Å². The van der Waals surface area contributed by atoms with Crippen LogP contribution < -0.4 is 5.32 Å². The van der Waals surface area contributed by atoms with Crippen molar-refractivity contribution in [2.24, 2.45) is 0 Å². The molecule has 0 unspecified atom stereocenters. The van der Waals surface area contributed by atoms with Crippen molar-refractivity contribution in [3.63, 3.8) is 0 Å². The van der Waals surface area contributed by atoms with Crippen LogP contribution in [0.2, 0.25) is 4.47 Å². The van der Waals surface area contributed by atoms with E-state index in [9.17, 15) is 13.2 Å². The molecule has 20 heavy (non-hydrogen) atoms. The molecule has 0 spiro atoms. The lowest BCUT2D eigenvalue weighted by Crippen LogP contribution is -2.11. The lowest BCUT2D eigenvalue weighted by Gasteiger charge is -2.16. The third-order valence-corrected chi connectivity index (χ3v) is 4.52. The summed E-state index contributed by atoms with van der Waals surface area (Å²) in [5, 5.41) is 2.77. The quantitative estimate of drug-likeness (QED) is 0.625. The molecule has 2 aromatic rings. The zero-order chi connectivity index (χ0) is 14.9. The monoisotopic (exact) mass is 448 g/mol. The summed E-state index contributed by atoms with van der Waals surface area (Å²) in [7, 11) is 0. The normalized spacial score (nSPS) is 11.7. The SMILES string of the molecule is FC(F)(F)c1cc(Br)cc(Br)c1NCc1cnc(Cl)s1. The fourth-order valence-corrected chi connectivity index (χ4v) is 3.80. The third-order valence-electron chi connectivity index (χ3n) is 2.33. The number of nitrogens with one attached hydrogen (secondary N) is 1. The van der Waals surface area contributed by atoms with E-state index in [1.54, 1.807) is 6.07 Å². The van der Waals surface area contributed by atoms with Crippen molar-refractivity contribution in [3.8, 4) is 0 Å². The fourth-order valence-electron chi connectivity index (χ4n) is 1.52. The molecule has 0 atom stereocenters. The van der Waals surface area contributed by atoms with E-state index in [0.29, 0.717) is 13.4 Å². The van der Waals surface area contributed by atoms with E-state index in [0.717, 1.165) is 10.9 Å². The lowest BCUT2D eigenvalue weighted by molar-refractivity contribution is -0.137. The van der Waals surface area contributed by atoms with Crippen molar-refractivity contribution in [2.75, 3.05) is 5.32 Å². The van der Waals surface area contributed by atoms with Crippen LogP contribution in [0.5, 0.6) is 0 Å². The summed E-state index contributed by atoms with van der Waals surface area (Å²) in [4.78, 5) is 4.59. The Morgan fingerprint density at radius 3 is 2.55 bits per heavy atom. The molecule has 0 saturated heterocycles. The second-order valence-electron chi connectivity index (χ2n) is 3.74. The molecule has 0 aliphatic rings. The zero-order valence-corrected chi connectivity index (χ0v) is 14.3. The molecule has 2 nitrogen and oxygen atoms in total. The van der Waals surface area contributed by atoms with E-state index in [1.807, 2.05) is 0 Å². The van der Waals surface area contributed by atoms with Crippen molar-refractivity contribution in [3.05, 3.63) is 42.2 Å². The fraction of sp³-hybridized carbons (Fsp3) is 0.182. The van der Waals surface area contributed by atoms with Crippen LogP contribution in [-0.4, -0.2) is 4.98 Å². The zero-order valence-electron chi connectivity index (χ0n) is 9.56. The first kappa shape index (κ1) is 16.1. The summed E-state index contributed by atoms with van der Waals surface area (Å²) in [5.74, 6) is 0. The van der Waals surface area contributed by atoms with Crippen molar-refractivity contribution in [1.29, 1.82) is 0 Å². The number of thiazole rings is 1. The smallest absolute Gasteiger partial charge is 0.379 e. The molecule has 2 rings (SSSR count). The van der Waals surface area contributed by atoms with E-state index < -0.39 is 11.7 Å². The predicted octanol–water partition coefficient (Wildman–Crippen LogP) is 5.95. The summed E-state index contributed by atoms with van der Waals surface area (Å²) in [6.45, 7) is 0.216. The Morgan fingerprint density at radius 2 is 2.00 bits per heavy atom. The van der Waals surface area contributed by atoms with E-state index in [1.165, 1.54) is 17.5 Å². The van der Waals surface area contributed by atoms with Gasteiger partial charge in [0.1, 0.15) is 0 Å². The molecule has 1 heterocycles. The molecule has 0 saturated carbocycles. The summed E-state index contributed by atoms with van der Waals surface area (Å²) in [6, 6.07) is 2.59. The molecule has 0 aliphatic carbocycles. The van der Waals surface area contributed by atoms with Gasteiger partial charge in [-0.25, -0.2) is 4.98 Å². The summed E-state index contributed by atoms with van der Waals surface area (Å²) in [6.07, 6.45) is -2.92. The Kier molecular flexibility index (Phi) is 4.99. The molecular weight excluding hydrogens is 444 g/mol. The highest BCUT2D eigenvalue weighted by Crippen LogP contribution is 2.41. The molecule has 0 aliphatic heterocycles. The first-order valence-electron chi connectivity index (χ1n) is 5.17. The van der Waals surface area contributed by atoms with Gasteiger partial charge in [0.05, 0.1) is 17.8 Å². The molecule has 1 aromatic heterocycles. The lowest BCUT2D eigenvalue weighted by atomic mass is 10.1. The number of hydrogen-bond donors (Lipinski definition) is 1. The van der Waals surface area contributed by atoms with Crippen LogP contribution in [0.3, 0.4) is 0 Å². The highest BCUT2D eigenvalue weighted by Gasteiger charge is 2.34. The Balaban J connectivity index is 2.30. The highest BCUT2D eigenvalue weighted by molar-refractivity contribution is 9.11. The maximum absolute atomic E-state index is 13.0. The summed E-state index contributed by atoms with van der Waals surface area (Å²) >= 11 is 13.1. The summed E-state index contributed by atoms with van der Waals surface area (Å²) < 4.78 is 40.1. The largest absolute Gasteiger partial charge is 0.418 e. The Hall–Kier alpha value is -0.310. The number of aromatic nitrogens is 1. The molecule has 1 aromatic carbocycles. The molecule has 9 heteroatoms. The van der Waals surface area contributed by atoms with Crippen LogP contribution in [0.25, 0.3) is 0 Å². The number of alkyl halides is 3. The van der Waals surface area contributed by atoms with Gasteiger partial charge in [0, 0.05) is 20.0 Å². The van der Waals surface area contributed by atoms with Gasteiger partial charge in [0.2, 0.25) is 0 Å². The van der Waals surface area contributed by atoms with E-state index in [2.05, 4.69) is 42.2 Å². The molecule has 0 radical (unpaired) electrons. The van der Waals surface area contributed by atoms with Crippen LogP contribution in [-0.2, 0) is 12.7 Å². The third kappa shape index (κ3) is 3.87. The average Bonchev–Trinajstić information content (AvgIpc) is 2.72. The highest BCUT2D eigenvalue weighted by atomic mass is 79.9. The van der Waals surface area contributed by atoms with Crippen LogP contribution >= 0.6 is 54.8 Å². The topological polar surface area (TPSA) is 24.9 Å². The summed E-state index contributed by atoms with van der Waals surface area (Å²) in [5.41, 5.74) is -0.750. The van der Waals surface area contributed by atoms with Gasteiger partial charge in [-0.3, -0.25) is 0 Å². The van der Waals surface area contributed by atoms with Crippen LogP contribution in [0.1, 0.15) is 10.4 Å². The van der Waals surface area contributed by atoms with E-state index in [-0.39, 0.29) is 12.2 Å². The molecule has 0 amide bonds. The Morgan fingerprint density at radius 1 is 1.30 bits per heavy atom. The number of anilines is 1. The minimum Gasteiger partial charge on any atom is -0.379 e. The van der Waals surface area contributed by atoms with Crippen molar-refractivity contribution in [2.45, 2.75) is 12.7 Å². The van der Waals surface area contributed by atoms with Gasteiger partial charge in [-0.15, -0.1) is 11.3 Å². The molecule has 108 valence electrons. The second-order valence-corrected chi connectivity index (χ2v) is 7.21. The van der Waals surface area contributed by atoms with Gasteiger partial charge >= 0.3 is 6.18 Å². The van der Waals surface area contributed by atoms with Gasteiger partial charge in [-0.1, -0.05) is 27.5 Å². The number of benzene rings is 1. The van der Waals surface area contributed by atoms with Gasteiger partial charge in [-0.2, -0.15) is 13.2 Å².